The van der Waals surface area contributed by atoms with Crippen molar-refractivity contribution in [3.8, 4) is 0 Å². The first kappa shape index (κ1) is 13.2. The van der Waals surface area contributed by atoms with Crippen LogP contribution >= 0.6 is 15.9 Å². The van der Waals surface area contributed by atoms with Gasteiger partial charge in [-0.3, -0.25) is 4.79 Å². The van der Waals surface area contributed by atoms with E-state index in [1.807, 2.05) is 39.0 Å². The summed E-state index contributed by atoms with van der Waals surface area (Å²) in [5.41, 5.74) is 1.92. The molecule has 0 fully saturated rings. The first-order chi connectivity index (χ1) is 6.59. The lowest BCUT2D eigenvalue weighted by atomic mass is 10.2. The first-order valence-electron chi connectivity index (χ1n) is 4.63. The van der Waals surface area contributed by atoms with Crippen molar-refractivity contribution in [3.05, 3.63) is 28.2 Å². The number of nitrogens with one attached hydrogen (secondary N) is 1. The van der Waals surface area contributed by atoms with Gasteiger partial charge < -0.3 is 5.32 Å². The number of hydrogen-bond donors (Lipinski definition) is 1. The smallest absolute Gasteiger partial charge is 0.221 e. The van der Waals surface area contributed by atoms with Crippen LogP contribution in [0.3, 0.4) is 0 Å². The van der Waals surface area contributed by atoms with Crippen LogP contribution in [0.25, 0.3) is 0 Å². The molecule has 3 heteroatoms. The number of carbonyl (C=O) groups excluding carboxylic acids is 1. The van der Waals surface area contributed by atoms with Gasteiger partial charge in [0.1, 0.15) is 0 Å². The van der Waals surface area contributed by atoms with E-state index in [2.05, 4.69) is 21.2 Å². The summed E-state index contributed by atoms with van der Waals surface area (Å²) in [5.74, 6) is -0.0413. The molecular weight excluding hydrogens is 242 g/mol. The quantitative estimate of drug-likeness (QED) is 0.816. The molecule has 0 atom stereocenters. The molecule has 0 unspecified atom stereocenters. The highest BCUT2D eigenvalue weighted by atomic mass is 79.9. The molecule has 0 heterocycles. The number of carbonyl (C=O) groups is 1. The van der Waals surface area contributed by atoms with Crippen LogP contribution < -0.4 is 5.32 Å². The third-order valence-corrected chi connectivity index (χ3v) is 1.99. The number of rotatable bonds is 1. The summed E-state index contributed by atoms with van der Waals surface area (Å²) in [6, 6.07) is 5.74. The Kier molecular flexibility index (Phi) is 6.21. The van der Waals surface area contributed by atoms with Gasteiger partial charge in [0, 0.05) is 17.1 Å². The van der Waals surface area contributed by atoms with Crippen LogP contribution in [-0.4, -0.2) is 5.91 Å². The van der Waals surface area contributed by atoms with Crippen LogP contribution in [0.15, 0.2) is 22.7 Å². The Morgan fingerprint density at radius 1 is 1.36 bits per heavy atom. The third-order valence-electron chi connectivity index (χ3n) is 1.50. The Balaban J connectivity index is 0.000000791. The predicted octanol–water partition coefficient (Wildman–Crippen LogP) is 3.74. The molecule has 0 radical (unpaired) electrons. The summed E-state index contributed by atoms with van der Waals surface area (Å²) >= 11 is 3.35. The lowest BCUT2D eigenvalue weighted by Crippen LogP contribution is -2.06. The molecule has 1 N–H and O–H groups in total. The number of halogens is 1. The van der Waals surface area contributed by atoms with Crippen LogP contribution in [0.2, 0.25) is 0 Å². The minimum Gasteiger partial charge on any atom is -0.326 e. The summed E-state index contributed by atoms with van der Waals surface area (Å²) < 4.78 is 1.02. The highest BCUT2D eigenvalue weighted by Gasteiger charge is 1.99. The Hall–Kier alpha value is -0.830. The van der Waals surface area contributed by atoms with Crippen molar-refractivity contribution in [3.63, 3.8) is 0 Å². The summed E-state index contributed by atoms with van der Waals surface area (Å²) in [6.45, 7) is 7.46. The molecule has 0 aromatic heterocycles. The number of benzene rings is 1. The van der Waals surface area contributed by atoms with E-state index in [4.69, 9.17) is 0 Å². The largest absolute Gasteiger partial charge is 0.326 e. The summed E-state index contributed by atoms with van der Waals surface area (Å²) in [4.78, 5) is 10.7. The predicted molar refractivity (Wildman–Crippen MR) is 64.5 cm³/mol. The van der Waals surface area contributed by atoms with Gasteiger partial charge in [-0.25, -0.2) is 0 Å². The molecule has 1 aromatic carbocycles. The van der Waals surface area contributed by atoms with Crippen molar-refractivity contribution >= 4 is 27.5 Å². The first-order valence-corrected chi connectivity index (χ1v) is 5.42. The van der Waals surface area contributed by atoms with E-state index < -0.39 is 0 Å². The molecule has 0 aliphatic rings. The monoisotopic (exact) mass is 257 g/mol. The van der Waals surface area contributed by atoms with Crippen LogP contribution in [0.1, 0.15) is 26.3 Å². The van der Waals surface area contributed by atoms with Crippen molar-refractivity contribution in [2.75, 3.05) is 5.32 Å². The van der Waals surface area contributed by atoms with Gasteiger partial charge in [-0.05, 0) is 30.7 Å². The zero-order chi connectivity index (χ0) is 11.1. The fraction of sp³-hybridized carbons (Fsp3) is 0.364. The van der Waals surface area contributed by atoms with E-state index in [9.17, 15) is 4.79 Å². The normalized spacial score (nSPS) is 8.64. The van der Waals surface area contributed by atoms with E-state index in [1.165, 1.54) is 6.92 Å². The average Bonchev–Trinajstić information content (AvgIpc) is 2.13. The average molecular weight is 258 g/mol. The Morgan fingerprint density at radius 2 is 1.93 bits per heavy atom. The van der Waals surface area contributed by atoms with Crippen molar-refractivity contribution < 1.29 is 4.79 Å². The van der Waals surface area contributed by atoms with Crippen molar-refractivity contribution in [2.45, 2.75) is 27.7 Å². The van der Waals surface area contributed by atoms with Gasteiger partial charge >= 0.3 is 0 Å². The van der Waals surface area contributed by atoms with E-state index in [0.29, 0.717) is 0 Å². The standard InChI is InChI=1S/C9H10BrNO.C2H6/c1-6-5-8(10)3-4-9(6)11-7(2)12;1-2/h3-5H,1-2H3,(H,11,12);1-2H3. The maximum absolute atomic E-state index is 10.7. The van der Waals surface area contributed by atoms with Crippen molar-refractivity contribution in [1.82, 2.24) is 0 Å². The number of aryl methyl sites for hydroxylation is 1. The molecule has 0 saturated carbocycles. The molecule has 78 valence electrons. The molecular formula is C11H16BrNO. The Labute approximate surface area is 93.8 Å². The molecule has 0 aliphatic heterocycles. The number of hydrogen-bond acceptors (Lipinski definition) is 1. The van der Waals surface area contributed by atoms with Crippen LogP contribution in [0, 0.1) is 6.92 Å². The minimum absolute atomic E-state index is 0.0413. The summed E-state index contributed by atoms with van der Waals surface area (Å²) in [7, 11) is 0. The minimum atomic E-state index is -0.0413. The van der Waals surface area contributed by atoms with Crippen molar-refractivity contribution in [2.24, 2.45) is 0 Å². The lowest BCUT2D eigenvalue weighted by Gasteiger charge is -2.05. The Bertz CT molecular complexity index is 310. The second kappa shape index (κ2) is 6.60. The van der Waals surface area contributed by atoms with Gasteiger partial charge in [0.15, 0.2) is 0 Å². The zero-order valence-electron chi connectivity index (χ0n) is 9.02. The molecule has 2 nitrogen and oxygen atoms in total. The van der Waals surface area contributed by atoms with Gasteiger partial charge in [0.25, 0.3) is 0 Å². The highest BCUT2D eigenvalue weighted by molar-refractivity contribution is 9.10. The fourth-order valence-corrected chi connectivity index (χ4v) is 1.43. The summed E-state index contributed by atoms with van der Waals surface area (Å²) in [6.07, 6.45) is 0. The van der Waals surface area contributed by atoms with E-state index in [1.54, 1.807) is 0 Å². The van der Waals surface area contributed by atoms with Gasteiger partial charge in [-0.1, -0.05) is 29.8 Å². The van der Waals surface area contributed by atoms with Gasteiger partial charge in [-0.2, -0.15) is 0 Å². The van der Waals surface area contributed by atoms with E-state index in [-0.39, 0.29) is 5.91 Å². The maximum atomic E-state index is 10.7. The molecule has 1 rings (SSSR count). The second-order valence-corrected chi connectivity index (χ2v) is 3.56. The molecule has 0 saturated heterocycles. The summed E-state index contributed by atoms with van der Waals surface area (Å²) in [5, 5.41) is 2.74. The Morgan fingerprint density at radius 3 is 2.36 bits per heavy atom. The maximum Gasteiger partial charge on any atom is 0.221 e. The molecule has 0 bridgehead atoms. The molecule has 0 spiro atoms. The molecule has 1 amide bonds. The van der Waals surface area contributed by atoms with Gasteiger partial charge in [0.05, 0.1) is 0 Å². The number of anilines is 1. The third kappa shape index (κ3) is 4.42. The van der Waals surface area contributed by atoms with Gasteiger partial charge in [-0.15, -0.1) is 0 Å². The zero-order valence-corrected chi connectivity index (χ0v) is 10.6. The highest BCUT2D eigenvalue weighted by Crippen LogP contribution is 2.19. The topological polar surface area (TPSA) is 29.1 Å². The lowest BCUT2D eigenvalue weighted by molar-refractivity contribution is -0.114. The van der Waals surface area contributed by atoms with Crippen LogP contribution in [-0.2, 0) is 4.79 Å². The van der Waals surface area contributed by atoms with E-state index >= 15 is 0 Å². The van der Waals surface area contributed by atoms with Crippen LogP contribution in [0.5, 0.6) is 0 Å². The van der Waals surface area contributed by atoms with Crippen LogP contribution in [0.4, 0.5) is 5.69 Å². The van der Waals surface area contributed by atoms with Gasteiger partial charge in [0.2, 0.25) is 5.91 Å². The van der Waals surface area contributed by atoms with Crippen molar-refractivity contribution in [1.29, 1.82) is 0 Å². The molecule has 1 aromatic rings. The number of amides is 1. The molecule has 0 aliphatic carbocycles. The fourth-order valence-electron chi connectivity index (χ4n) is 0.957. The SMILES string of the molecule is CC.CC(=O)Nc1ccc(Br)cc1C. The molecule has 14 heavy (non-hydrogen) atoms. The second-order valence-electron chi connectivity index (χ2n) is 2.64. The van der Waals surface area contributed by atoms with E-state index in [0.717, 1.165) is 15.7 Å².